The van der Waals surface area contributed by atoms with Crippen LogP contribution in [-0.2, 0) is 16.1 Å². The fraction of sp³-hybridized carbons (Fsp3) is 0.714. The summed E-state index contributed by atoms with van der Waals surface area (Å²) in [5.74, 6) is 0.778. The molecular weight excluding hydrogens is 459 g/mol. The number of nitrogens with one attached hydrogen (secondary N) is 1. The molecule has 1 N–H and O–H groups in total. The van der Waals surface area contributed by atoms with Gasteiger partial charge in [0, 0.05) is 38.8 Å². The van der Waals surface area contributed by atoms with Gasteiger partial charge in [0.1, 0.15) is 6.04 Å². The van der Waals surface area contributed by atoms with Crippen molar-refractivity contribution in [3.05, 3.63) is 29.6 Å². The summed E-state index contributed by atoms with van der Waals surface area (Å²) in [6.07, 6.45) is 9.22. The van der Waals surface area contributed by atoms with Crippen molar-refractivity contribution in [2.24, 2.45) is 5.92 Å². The van der Waals surface area contributed by atoms with Crippen LogP contribution in [0.5, 0.6) is 5.75 Å². The third-order valence-corrected chi connectivity index (χ3v) is 9.11. The van der Waals surface area contributed by atoms with Crippen LogP contribution in [-0.4, -0.2) is 84.5 Å². The second kappa shape index (κ2) is 10.7. The molecule has 0 aromatic heterocycles. The number of likely N-dealkylation sites (tertiary alicyclic amines) is 1. The van der Waals surface area contributed by atoms with Gasteiger partial charge < -0.3 is 19.9 Å². The average molecular weight is 501 g/mol. The minimum absolute atomic E-state index is 0.0196. The van der Waals surface area contributed by atoms with E-state index in [1.54, 1.807) is 12.1 Å². The van der Waals surface area contributed by atoms with E-state index in [2.05, 4.69) is 22.2 Å². The molecule has 36 heavy (non-hydrogen) atoms. The Labute approximate surface area is 214 Å². The van der Waals surface area contributed by atoms with Gasteiger partial charge in [-0.2, -0.15) is 0 Å². The smallest absolute Gasteiger partial charge is 0.243 e. The Hall–Kier alpha value is -2.19. The van der Waals surface area contributed by atoms with Crippen LogP contribution in [0.1, 0.15) is 63.4 Å². The molecule has 3 heterocycles. The summed E-state index contributed by atoms with van der Waals surface area (Å²) < 4.78 is 18.9. The quantitative estimate of drug-likeness (QED) is 0.650. The highest BCUT2D eigenvalue weighted by Crippen LogP contribution is 2.34. The number of piperidine rings is 1. The summed E-state index contributed by atoms with van der Waals surface area (Å²) in [6.45, 7) is 3.99. The van der Waals surface area contributed by atoms with Gasteiger partial charge in [-0.1, -0.05) is 25.3 Å². The van der Waals surface area contributed by atoms with Gasteiger partial charge in [-0.15, -0.1) is 0 Å². The van der Waals surface area contributed by atoms with Gasteiger partial charge in [0.25, 0.3) is 0 Å². The van der Waals surface area contributed by atoms with Gasteiger partial charge in [-0.3, -0.25) is 14.5 Å². The number of nitrogens with zero attached hydrogens (tertiary/aromatic N) is 3. The molecule has 4 aliphatic rings. The first-order chi connectivity index (χ1) is 17.4. The maximum Gasteiger partial charge on any atom is 0.243 e. The molecule has 0 unspecified atom stereocenters. The Bertz CT molecular complexity index is 930. The topological polar surface area (TPSA) is 65.1 Å². The summed E-state index contributed by atoms with van der Waals surface area (Å²) >= 11 is 0. The Morgan fingerprint density at radius 2 is 1.92 bits per heavy atom. The Balaban J connectivity index is 1.17. The number of carbonyl (C=O) groups is 2. The maximum atomic E-state index is 13.8. The minimum atomic E-state index is -0.459. The Morgan fingerprint density at radius 3 is 2.64 bits per heavy atom. The largest absolute Gasteiger partial charge is 0.494 e. The van der Waals surface area contributed by atoms with Crippen molar-refractivity contribution in [1.82, 2.24) is 20.0 Å². The number of benzene rings is 1. The molecule has 5 rings (SSSR count). The molecular formula is C28H41FN4O3. The average Bonchev–Trinajstić information content (AvgIpc) is 3.30. The number of likely N-dealkylation sites (N-methyl/N-ethyl adjacent to an activating group) is 1. The van der Waals surface area contributed by atoms with Crippen molar-refractivity contribution in [2.45, 2.75) is 82.0 Å². The third-order valence-electron chi connectivity index (χ3n) is 9.11. The van der Waals surface area contributed by atoms with Gasteiger partial charge in [0.05, 0.1) is 19.1 Å². The molecule has 2 atom stereocenters. The molecule has 1 aliphatic carbocycles. The molecule has 3 aliphatic heterocycles. The minimum Gasteiger partial charge on any atom is -0.494 e. The summed E-state index contributed by atoms with van der Waals surface area (Å²) in [5.41, 5.74) is 0.535. The monoisotopic (exact) mass is 500 g/mol. The normalized spacial score (nSPS) is 27.3. The van der Waals surface area contributed by atoms with Gasteiger partial charge in [-0.05, 0) is 62.8 Å². The van der Waals surface area contributed by atoms with Crippen molar-refractivity contribution in [3.8, 4) is 5.75 Å². The molecule has 1 spiro atoms. The van der Waals surface area contributed by atoms with Crippen molar-refractivity contribution in [3.63, 3.8) is 0 Å². The van der Waals surface area contributed by atoms with Gasteiger partial charge >= 0.3 is 0 Å². The lowest BCUT2D eigenvalue weighted by Gasteiger charge is -2.41. The van der Waals surface area contributed by atoms with Gasteiger partial charge in [0.2, 0.25) is 11.8 Å². The molecule has 3 saturated heterocycles. The number of halogens is 1. The fourth-order valence-electron chi connectivity index (χ4n) is 6.86. The molecule has 0 radical (unpaired) electrons. The van der Waals surface area contributed by atoms with Crippen LogP contribution in [0.4, 0.5) is 4.39 Å². The highest BCUT2D eigenvalue weighted by Gasteiger charge is 2.49. The first-order valence-electron chi connectivity index (χ1n) is 13.7. The lowest BCUT2D eigenvalue weighted by molar-refractivity contribution is -0.135. The van der Waals surface area contributed by atoms with E-state index >= 15 is 0 Å². The molecule has 1 aromatic carbocycles. The SMILES string of the molecule is COc1cc(CN2CCC3(CC2)CC(=O)N2C[C@@H](N(C)CC4CCCCC4)C[C@H]2C(=O)N3)ccc1F. The zero-order valence-electron chi connectivity index (χ0n) is 21.8. The van der Waals surface area contributed by atoms with E-state index in [9.17, 15) is 14.0 Å². The molecule has 8 heteroatoms. The molecule has 2 amide bonds. The van der Waals surface area contributed by atoms with Crippen LogP contribution in [0.3, 0.4) is 0 Å². The molecule has 1 saturated carbocycles. The van der Waals surface area contributed by atoms with Crippen molar-refractivity contribution in [1.29, 1.82) is 0 Å². The zero-order valence-corrected chi connectivity index (χ0v) is 21.8. The first kappa shape index (κ1) is 25.5. The van der Waals surface area contributed by atoms with Gasteiger partial charge in [-0.25, -0.2) is 4.39 Å². The van der Waals surface area contributed by atoms with E-state index in [1.807, 2.05) is 4.90 Å². The summed E-state index contributed by atoms with van der Waals surface area (Å²) in [6, 6.07) is 4.88. The lowest BCUT2D eigenvalue weighted by atomic mass is 9.83. The highest BCUT2D eigenvalue weighted by atomic mass is 19.1. The van der Waals surface area contributed by atoms with Crippen molar-refractivity contribution in [2.75, 3.05) is 40.3 Å². The number of ether oxygens (including phenoxy) is 1. The first-order valence-corrected chi connectivity index (χ1v) is 13.7. The number of methoxy groups -OCH3 is 1. The number of fused-ring (bicyclic) bond motifs is 1. The summed E-state index contributed by atoms with van der Waals surface area (Å²) in [5, 5.41) is 3.33. The lowest BCUT2D eigenvalue weighted by Crippen LogP contribution is -2.56. The van der Waals surface area contributed by atoms with E-state index in [0.29, 0.717) is 19.5 Å². The van der Waals surface area contributed by atoms with E-state index in [0.717, 1.165) is 50.4 Å². The number of rotatable bonds is 6. The van der Waals surface area contributed by atoms with Gasteiger partial charge in [0.15, 0.2) is 11.6 Å². The molecule has 198 valence electrons. The van der Waals surface area contributed by atoms with E-state index in [-0.39, 0.29) is 35.5 Å². The van der Waals surface area contributed by atoms with E-state index in [4.69, 9.17) is 4.74 Å². The van der Waals surface area contributed by atoms with Crippen molar-refractivity contribution >= 4 is 11.8 Å². The van der Waals surface area contributed by atoms with Crippen LogP contribution < -0.4 is 10.1 Å². The number of amides is 2. The van der Waals surface area contributed by atoms with Crippen LogP contribution in [0, 0.1) is 11.7 Å². The second-order valence-electron chi connectivity index (χ2n) is 11.6. The fourth-order valence-corrected chi connectivity index (χ4v) is 6.86. The van der Waals surface area contributed by atoms with Crippen LogP contribution in [0.2, 0.25) is 0 Å². The number of hydrogen-bond donors (Lipinski definition) is 1. The maximum absolute atomic E-state index is 13.8. The predicted octanol–water partition coefficient (Wildman–Crippen LogP) is 3.17. The van der Waals surface area contributed by atoms with Crippen LogP contribution in [0.25, 0.3) is 0 Å². The number of carbonyl (C=O) groups excluding carboxylic acids is 2. The zero-order chi connectivity index (χ0) is 25.3. The predicted molar refractivity (Wildman–Crippen MR) is 136 cm³/mol. The van der Waals surface area contributed by atoms with Crippen LogP contribution >= 0.6 is 0 Å². The molecule has 7 nitrogen and oxygen atoms in total. The number of hydrogen-bond acceptors (Lipinski definition) is 5. The molecule has 4 fully saturated rings. The molecule has 0 bridgehead atoms. The Kier molecular flexibility index (Phi) is 7.54. The van der Waals surface area contributed by atoms with E-state index in [1.165, 1.54) is 45.3 Å². The third kappa shape index (κ3) is 5.40. The summed E-state index contributed by atoms with van der Waals surface area (Å²) in [7, 11) is 3.64. The summed E-state index contributed by atoms with van der Waals surface area (Å²) in [4.78, 5) is 33.3. The Morgan fingerprint density at radius 1 is 1.17 bits per heavy atom. The van der Waals surface area contributed by atoms with Crippen LogP contribution in [0.15, 0.2) is 18.2 Å². The van der Waals surface area contributed by atoms with E-state index < -0.39 is 5.54 Å². The van der Waals surface area contributed by atoms with Crippen molar-refractivity contribution < 1.29 is 18.7 Å². The molecule has 1 aromatic rings. The second-order valence-corrected chi connectivity index (χ2v) is 11.6. The standard InChI is InChI=1S/C28H41FN4O3/c1-31(17-20-6-4-3-5-7-20)22-15-24-27(35)30-28(16-26(34)33(24)19-22)10-12-32(13-11-28)18-21-8-9-23(29)25(14-21)36-2/h8-9,14,20,22,24H,3-7,10-13,15-19H2,1-2H3,(H,30,35)/t22-,24-/m0/s1. The highest BCUT2D eigenvalue weighted by molar-refractivity contribution is 5.92.